The van der Waals surface area contributed by atoms with E-state index in [1.54, 1.807) is 0 Å². The number of nitrogens with zero attached hydrogens (tertiary/aromatic N) is 1. The quantitative estimate of drug-likeness (QED) is 0.247. The molecule has 13 heteroatoms. The molecular weight excluding hydrogens is 642 g/mol. The van der Waals surface area contributed by atoms with E-state index in [0.29, 0.717) is 5.92 Å². The van der Waals surface area contributed by atoms with Crippen molar-refractivity contribution in [2.45, 2.75) is 38.4 Å². The summed E-state index contributed by atoms with van der Waals surface area (Å²) in [4.78, 5) is 0. The van der Waals surface area contributed by atoms with Crippen LogP contribution in [0.5, 0.6) is 0 Å². The largest absolute Gasteiger partial charge is 2.00 e. The van der Waals surface area contributed by atoms with Gasteiger partial charge in [-0.15, -0.1) is 0 Å². The Bertz CT molecular complexity index is 1160. The van der Waals surface area contributed by atoms with Crippen molar-refractivity contribution in [2.75, 3.05) is 6.26 Å². The second-order valence-corrected chi connectivity index (χ2v) is 11.6. The van der Waals surface area contributed by atoms with E-state index in [1.807, 2.05) is 60.7 Å². The molecular formula is C26H31F3N2O5RuS2. The van der Waals surface area contributed by atoms with E-state index in [0.717, 1.165) is 17.4 Å². The maximum Gasteiger partial charge on any atom is 2.00 e. The molecule has 0 bridgehead atoms. The van der Waals surface area contributed by atoms with Gasteiger partial charge < -0.3 is 15.0 Å². The van der Waals surface area contributed by atoms with Crippen LogP contribution < -0.4 is 5.73 Å². The van der Waals surface area contributed by atoms with E-state index in [4.69, 9.17) is 18.7 Å². The first-order valence-electron chi connectivity index (χ1n) is 11.3. The predicted octanol–water partition coefficient (Wildman–Crippen LogP) is 5.45. The Kier molecular flexibility index (Phi) is 16.2. The van der Waals surface area contributed by atoms with Gasteiger partial charge in [0.15, 0.2) is 10.1 Å². The molecule has 0 spiro atoms. The normalized spacial score (nSPS) is 16.6. The third-order valence-corrected chi connectivity index (χ3v) is 6.18. The first-order valence-corrected chi connectivity index (χ1v) is 14.5. The maximum absolute atomic E-state index is 11.5. The summed E-state index contributed by atoms with van der Waals surface area (Å²) in [6, 6.07) is 17.5. The van der Waals surface area contributed by atoms with Gasteiger partial charge >= 0.3 is 25.0 Å². The minimum atomic E-state index is -6.09. The number of hydrogen-bond acceptors (Lipinski definition) is 6. The molecule has 1 fully saturated rings. The van der Waals surface area contributed by atoms with Crippen LogP contribution in [0.2, 0.25) is 0 Å². The summed E-state index contributed by atoms with van der Waals surface area (Å²) in [6.07, 6.45) is 9.80. The van der Waals surface area contributed by atoms with E-state index in [2.05, 4.69) is 51.2 Å². The van der Waals surface area contributed by atoms with Crippen LogP contribution in [0.25, 0.3) is 4.72 Å². The standard InChI is InChI=1S/C15H17N2O2S.C10H14.CHF3O3S.Ru/c1-20(18,19)17-15(13-10-6-3-7-11-13)14(16)12-8-4-2-5-9-12;1-8(2)10-6-4-9(3)5-7-10;2-1(3,4)8(5,6)7;/h2-11,14-15H,16H2,1H3;4-8H,1-3H3;(H,5,6,7);/q-1;;;+2/p-1/t14-,15-;;;/m1.../s1. The maximum atomic E-state index is 11.5. The van der Waals surface area contributed by atoms with Crippen molar-refractivity contribution in [2.24, 2.45) is 11.7 Å². The van der Waals surface area contributed by atoms with Gasteiger partial charge in [-0.1, -0.05) is 93.0 Å². The first-order chi connectivity index (χ1) is 17.4. The van der Waals surface area contributed by atoms with E-state index in [1.165, 1.54) is 11.8 Å². The molecule has 2 aromatic carbocycles. The fraction of sp³-hybridized carbons (Fsp3) is 0.308. The van der Waals surface area contributed by atoms with Gasteiger partial charge in [0.1, 0.15) is 0 Å². The van der Waals surface area contributed by atoms with Gasteiger partial charge in [0.25, 0.3) is 0 Å². The zero-order chi connectivity index (χ0) is 29.1. The van der Waals surface area contributed by atoms with E-state index in [-0.39, 0.29) is 19.5 Å². The number of rotatable bonds is 6. The Balaban J connectivity index is 0.000000637. The average Bonchev–Trinajstić information content (AvgIpc) is 2.82. The van der Waals surface area contributed by atoms with Gasteiger partial charge in [0, 0.05) is 12.3 Å². The van der Waals surface area contributed by atoms with Crippen LogP contribution in [-0.2, 0) is 39.6 Å². The summed E-state index contributed by atoms with van der Waals surface area (Å²) in [5.74, 6) is 3.41. The average molecular weight is 674 g/mol. The van der Waals surface area contributed by atoms with Crippen molar-refractivity contribution in [3.05, 3.63) is 114 Å². The zero-order valence-electron chi connectivity index (χ0n) is 21.7. The second kappa shape index (κ2) is 16.8. The molecule has 2 aromatic rings. The summed E-state index contributed by atoms with van der Waals surface area (Å²) >= 11 is 0. The first kappa shape index (κ1) is 37.6. The molecule has 2 atom stereocenters. The number of alkyl halides is 3. The Hall–Kier alpha value is -1.37. The van der Waals surface area contributed by atoms with E-state index < -0.39 is 37.7 Å². The van der Waals surface area contributed by atoms with Crippen molar-refractivity contribution in [1.29, 1.82) is 0 Å². The van der Waals surface area contributed by atoms with Crippen molar-refractivity contribution >= 4 is 20.1 Å². The second-order valence-electron chi connectivity index (χ2n) is 8.60. The fourth-order valence-corrected chi connectivity index (χ4v) is 3.66. The Morgan fingerprint density at radius 1 is 0.821 bits per heavy atom. The zero-order valence-corrected chi connectivity index (χ0v) is 25.1. The van der Waals surface area contributed by atoms with Crippen molar-refractivity contribution in [3.63, 3.8) is 0 Å². The molecule has 0 aromatic heterocycles. The summed E-state index contributed by atoms with van der Waals surface area (Å²) in [6.45, 7) is 6.54. The predicted molar refractivity (Wildman–Crippen MR) is 141 cm³/mol. The number of benzene rings is 2. The summed E-state index contributed by atoms with van der Waals surface area (Å²) < 4.78 is 85.9. The molecule has 216 valence electrons. The fourth-order valence-electron chi connectivity index (χ4n) is 3.00. The molecule has 1 aliphatic rings. The number of sulfonamides is 1. The minimum Gasteiger partial charge on any atom is -0.741 e. The Labute approximate surface area is 243 Å². The number of hydrogen-bond donors (Lipinski definition) is 1. The van der Waals surface area contributed by atoms with Crippen LogP contribution in [0.15, 0.2) is 60.7 Å². The van der Waals surface area contributed by atoms with E-state index >= 15 is 0 Å². The monoisotopic (exact) mass is 674 g/mol. The van der Waals surface area contributed by atoms with Gasteiger partial charge in [-0.2, -0.15) is 13.2 Å². The number of nitrogens with two attached hydrogens (primary N) is 1. The Morgan fingerprint density at radius 2 is 1.21 bits per heavy atom. The molecule has 0 heterocycles. The summed E-state index contributed by atoms with van der Waals surface area (Å²) in [5.41, 5.74) is 2.22. The van der Waals surface area contributed by atoms with Gasteiger partial charge in [-0.3, -0.25) is 0 Å². The molecule has 1 aliphatic carbocycles. The van der Waals surface area contributed by atoms with Crippen LogP contribution in [0, 0.1) is 43.4 Å². The third kappa shape index (κ3) is 14.7. The van der Waals surface area contributed by atoms with Crippen LogP contribution >= 0.6 is 0 Å². The molecule has 39 heavy (non-hydrogen) atoms. The molecule has 0 aliphatic heterocycles. The Morgan fingerprint density at radius 3 is 1.54 bits per heavy atom. The SMILES string of the molecule is CS(=O)(=O)[N-][C@H](c1ccccc1)[C@H](N)c1ccccc1.C[C]1[CH][CH][C](C(C)C)[CH][CH]1.O=S(=O)([O-])C(F)(F)F.[Ru+2]. The van der Waals surface area contributed by atoms with Gasteiger partial charge in [0.05, 0.1) is 10.0 Å². The van der Waals surface area contributed by atoms with Gasteiger partial charge in [0.2, 0.25) is 0 Å². The molecule has 6 radical (unpaired) electrons. The van der Waals surface area contributed by atoms with Crippen LogP contribution in [0.3, 0.4) is 0 Å². The molecule has 7 nitrogen and oxygen atoms in total. The topological polar surface area (TPSA) is 131 Å². The van der Waals surface area contributed by atoms with Crippen molar-refractivity contribution in [1.82, 2.24) is 0 Å². The molecule has 0 saturated heterocycles. The smallest absolute Gasteiger partial charge is 0.741 e. The van der Waals surface area contributed by atoms with Crippen LogP contribution in [-0.4, -0.2) is 33.2 Å². The molecule has 0 unspecified atom stereocenters. The van der Waals surface area contributed by atoms with Crippen LogP contribution in [0.1, 0.15) is 44.0 Å². The van der Waals surface area contributed by atoms with Gasteiger partial charge in [-0.05, 0) is 49.0 Å². The van der Waals surface area contributed by atoms with Crippen molar-refractivity contribution < 1.29 is 54.0 Å². The summed E-state index contributed by atoms with van der Waals surface area (Å²) in [5, 5.41) is 0. The van der Waals surface area contributed by atoms with E-state index in [9.17, 15) is 21.6 Å². The van der Waals surface area contributed by atoms with Crippen LogP contribution in [0.4, 0.5) is 13.2 Å². The van der Waals surface area contributed by atoms with Gasteiger partial charge in [-0.25, -0.2) is 16.8 Å². The summed E-state index contributed by atoms with van der Waals surface area (Å²) in [7, 11) is -9.57. The molecule has 0 amide bonds. The number of halogens is 3. The molecule has 1 saturated carbocycles. The molecule has 2 N–H and O–H groups in total. The van der Waals surface area contributed by atoms with Crippen molar-refractivity contribution in [3.8, 4) is 0 Å². The minimum absolute atomic E-state index is 0. The molecule has 3 rings (SSSR count). The third-order valence-electron chi connectivity index (χ3n) is 5.00.